The molecule has 0 spiro atoms. The molecule has 1 aromatic carbocycles. The molecular formula is C24H33N5O5S2. The van der Waals surface area contributed by atoms with Gasteiger partial charge in [-0.3, -0.25) is 25.2 Å². The predicted octanol–water partition coefficient (Wildman–Crippen LogP) is 2.58. The molecule has 0 saturated carbocycles. The van der Waals surface area contributed by atoms with Crippen molar-refractivity contribution in [2.24, 2.45) is 0 Å². The number of thiophene rings is 1. The van der Waals surface area contributed by atoms with E-state index in [0.717, 1.165) is 17.0 Å². The van der Waals surface area contributed by atoms with Crippen molar-refractivity contribution in [2.45, 2.75) is 51.5 Å². The second kappa shape index (κ2) is 12.0. The molecule has 1 aliphatic heterocycles. The number of anilines is 1. The van der Waals surface area contributed by atoms with Crippen LogP contribution in [0.1, 0.15) is 64.8 Å². The van der Waals surface area contributed by atoms with Crippen LogP contribution in [0.3, 0.4) is 0 Å². The van der Waals surface area contributed by atoms with E-state index in [9.17, 15) is 22.8 Å². The number of hydrogen-bond donors (Lipinski definition) is 3. The first kappa shape index (κ1) is 27.8. The summed E-state index contributed by atoms with van der Waals surface area (Å²) in [5, 5.41) is 3.20. The zero-order valence-corrected chi connectivity index (χ0v) is 22.6. The van der Waals surface area contributed by atoms with E-state index >= 15 is 0 Å². The number of hydrogen-bond acceptors (Lipinski definition) is 7. The number of sulfonamides is 1. The lowest BCUT2D eigenvalue weighted by Crippen LogP contribution is -2.41. The maximum Gasteiger partial charge on any atom is 0.272 e. The molecule has 12 heteroatoms. The number of nitrogens with one attached hydrogen (secondary N) is 3. The molecule has 3 rings (SSSR count). The minimum atomic E-state index is -3.65. The number of amides is 3. The number of carbonyl (C=O) groups excluding carboxylic acids is 3. The molecule has 0 fully saturated rings. The zero-order chi connectivity index (χ0) is 26.5. The molecule has 0 unspecified atom stereocenters. The summed E-state index contributed by atoms with van der Waals surface area (Å²) < 4.78 is 27.5. The fraction of sp³-hybridized carbons (Fsp3) is 0.458. The van der Waals surface area contributed by atoms with Crippen LogP contribution < -0.4 is 16.2 Å². The van der Waals surface area contributed by atoms with Gasteiger partial charge in [0.05, 0.1) is 10.5 Å². The Morgan fingerprint density at radius 3 is 2.25 bits per heavy atom. The molecule has 0 bridgehead atoms. The highest BCUT2D eigenvalue weighted by Gasteiger charge is 2.28. The van der Waals surface area contributed by atoms with E-state index in [4.69, 9.17) is 0 Å². The second-order valence-corrected chi connectivity index (χ2v) is 11.8. The highest BCUT2D eigenvalue weighted by atomic mass is 32.2. The van der Waals surface area contributed by atoms with Gasteiger partial charge in [-0.05, 0) is 56.1 Å². The first-order chi connectivity index (χ1) is 17.1. The normalized spacial score (nSPS) is 13.8. The summed E-state index contributed by atoms with van der Waals surface area (Å²) in [5.74, 6) is -1.38. The van der Waals surface area contributed by atoms with Gasteiger partial charge in [0, 0.05) is 43.5 Å². The molecule has 36 heavy (non-hydrogen) atoms. The Hall–Kier alpha value is -2.80. The summed E-state index contributed by atoms with van der Waals surface area (Å²) in [7, 11) is -1.67. The van der Waals surface area contributed by atoms with Crippen molar-refractivity contribution in [1.82, 2.24) is 20.1 Å². The Morgan fingerprint density at radius 1 is 1.03 bits per heavy atom. The van der Waals surface area contributed by atoms with Gasteiger partial charge in [0.15, 0.2) is 0 Å². The lowest BCUT2D eigenvalue weighted by atomic mass is 10.0. The van der Waals surface area contributed by atoms with Crippen molar-refractivity contribution in [3.8, 4) is 0 Å². The van der Waals surface area contributed by atoms with E-state index in [1.54, 1.807) is 0 Å². The third-order valence-corrected chi connectivity index (χ3v) is 8.80. The van der Waals surface area contributed by atoms with E-state index in [0.29, 0.717) is 49.5 Å². The molecule has 0 saturated heterocycles. The van der Waals surface area contributed by atoms with Gasteiger partial charge in [-0.1, -0.05) is 13.8 Å². The third-order valence-electron chi connectivity index (χ3n) is 5.75. The molecule has 0 radical (unpaired) electrons. The summed E-state index contributed by atoms with van der Waals surface area (Å²) in [5.41, 5.74) is 6.13. The van der Waals surface area contributed by atoms with Crippen LogP contribution in [-0.4, -0.2) is 62.0 Å². The van der Waals surface area contributed by atoms with Crippen LogP contribution in [0, 0.1) is 0 Å². The van der Waals surface area contributed by atoms with E-state index in [-0.39, 0.29) is 10.5 Å². The lowest BCUT2D eigenvalue weighted by Gasteiger charge is -2.22. The van der Waals surface area contributed by atoms with Gasteiger partial charge in [0.2, 0.25) is 15.9 Å². The number of benzene rings is 1. The van der Waals surface area contributed by atoms with Gasteiger partial charge < -0.3 is 10.2 Å². The van der Waals surface area contributed by atoms with Crippen molar-refractivity contribution >= 4 is 44.1 Å². The molecule has 10 nitrogen and oxygen atoms in total. The Labute approximate surface area is 216 Å². The van der Waals surface area contributed by atoms with Crippen LogP contribution in [0.4, 0.5) is 5.00 Å². The summed E-state index contributed by atoms with van der Waals surface area (Å²) >= 11 is 1.32. The maximum atomic E-state index is 13.1. The highest BCUT2D eigenvalue weighted by molar-refractivity contribution is 7.89. The van der Waals surface area contributed by atoms with E-state index < -0.39 is 27.7 Å². The number of fused-ring (bicyclic) bond motifs is 1. The molecule has 0 aliphatic carbocycles. The highest BCUT2D eigenvalue weighted by Crippen LogP contribution is 2.37. The number of hydrazine groups is 1. The van der Waals surface area contributed by atoms with Crippen LogP contribution in [-0.2, 0) is 27.8 Å². The lowest BCUT2D eigenvalue weighted by molar-refractivity contribution is -0.119. The average Bonchev–Trinajstić information content (AvgIpc) is 3.19. The zero-order valence-electron chi connectivity index (χ0n) is 21.0. The van der Waals surface area contributed by atoms with E-state index in [1.807, 2.05) is 20.9 Å². The minimum absolute atomic E-state index is 0.131. The van der Waals surface area contributed by atoms with Gasteiger partial charge in [-0.2, -0.15) is 4.31 Å². The minimum Gasteiger partial charge on any atom is -0.313 e. The monoisotopic (exact) mass is 535 g/mol. The molecule has 2 aromatic rings. The first-order valence-corrected chi connectivity index (χ1v) is 14.2. The molecule has 3 amide bonds. The molecule has 196 valence electrons. The van der Waals surface area contributed by atoms with Crippen molar-refractivity contribution in [3.63, 3.8) is 0 Å². The third kappa shape index (κ3) is 6.30. The van der Waals surface area contributed by atoms with Crippen LogP contribution in [0.5, 0.6) is 0 Å². The Balaban J connectivity index is 1.85. The Kier molecular flexibility index (Phi) is 9.23. The van der Waals surface area contributed by atoms with Crippen molar-refractivity contribution in [3.05, 3.63) is 45.8 Å². The smallest absolute Gasteiger partial charge is 0.272 e. The fourth-order valence-electron chi connectivity index (χ4n) is 4.02. The van der Waals surface area contributed by atoms with Crippen LogP contribution in [0.25, 0.3) is 0 Å². The van der Waals surface area contributed by atoms with Gasteiger partial charge in [0.25, 0.3) is 11.8 Å². The molecular weight excluding hydrogens is 502 g/mol. The van der Waals surface area contributed by atoms with E-state index in [2.05, 4.69) is 21.1 Å². The second-order valence-electron chi connectivity index (χ2n) is 8.71. The van der Waals surface area contributed by atoms with Gasteiger partial charge in [-0.25, -0.2) is 8.42 Å². The predicted molar refractivity (Wildman–Crippen MR) is 139 cm³/mol. The number of rotatable bonds is 9. The van der Waals surface area contributed by atoms with Gasteiger partial charge >= 0.3 is 0 Å². The van der Waals surface area contributed by atoms with E-state index in [1.165, 1.54) is 46.8 Å². The maximum absolute atomic E-state index is 13.1. The largest absolute Gasteiger partial charge is 0.313 e. The van der Waals surface area contributed by atoms with Crippen LogP contribution in [0.2, 0.25) is 0 Å². The van der Waals surface area contributed by atoms with Crippen LogP contribution in [0.15, 0.2) is 29.2 Å². The topological polar surface area (TPSA) is 128 Å². The Bertz CT molecular complexity index is 1220. The molecule has 0 atom stereocenters. The number of nitrogens with zero attached hydrogens (tertiary/aromatic N) is 2. The number of carbonyl (C=O) groups is 3. The van der Waals surface area contributed by atoms with Crippen molar-refractivity contribution < 1.29 is 22.8 Å². The summed E-state index contributed by atoms with van der Waals surface area (Å²) in [6.45, 7) is 7.41. The standard InChI is InChI=1S/C24H33N5O5S2/c1-5-12-29(13-6-2)36(33,34)18-9-7-17(8-10-18)22(31)25-24-21(23(32)27-26-16(3)30)19-11-14-28(4)15-20(19)35-24/h7-10H,5-6,11-15H2,1-4H3,(H,25,31)(H,26,30)(H,27,32). The first-order valence-electron chi connectivity index (χ1n) is 11.9. The van der Waals surface area contributed by atoms with Gasteiger partial charge in [-0.15, -0.1) is 11.3 Å². The summed E-state index contributed by atoms with van der Waals surface area (Å²) in [4.78, 5) is 40.4. The van der Waals surface area contributed by atoms with Gasteiger partial charge in [0.1, 0.15) is 5.00 Å². The number of likely N-dealkylation sites (N-methyl/N-ethyl adjacent to an activating group) is 1. The molecule has 2 heterocycles. The van der Waals surface area contributed by atoms with Crippen molar-refractivity contribution in [2.75, 3.05) is 32.0 Å². The summed E-state index contributed by atoms with van der Waals surface area (Å²) in [6, 6.07) is 5.80. The molecule has 1 aromatic heterocycles. The summed E-state index contributed by atoms with van der Waals surface area (Å²) in [6.07, 6.45) is 2.05. The SMILES string of the molecule is CCCN(CCC)S(=O)(=O)c1ccc(C(=O)Nc2sc3c(c2C(=O)NNC(C)=O)CCN(C)C3)cc1. The van der Waals surface area contributed by atoms with Crippen molar-refractivity contribution in [1.29, 1.82) is 0 Å². The molecule has 3 N–H and O–H groups in total. The van der Waals surface area contributed by atoms with Crippen LogP contribution >= 0.6 is 11.3 Å². The molecule has 1 aliphatic rings. The Morgan fingerprint density at radius 2 is 1.67 bits per heavy atom. The average molecular weight is 536 g/mol. The quantitative estimate of drug-likeness (QED) is 0.424. The fourth-order valence-corrected chi connectivity index (χ4v) is 6.96.